The van der Waals surface area contributed by atoms with E-state index >= 15 is 0 Å². The SMILES string of the molecule is COc1nc(C)nc(NCc2ccc(C(F)(F)F)cc2)c1C(=N)C=O. The van der Waals surface area contributed by atoms with Crippen molar-refractivity contribution < 1.29 is 22.7 Å². The highest BCUT2D eigenvalue weighted by Crippen LogP contribution is 2.29. The number of hydrogen-bond acceptors (Lipinski definition) is 6. The van der Waals surface area contributed by atoms with Crippen molar-refractivity contribution in [1.82, 2.24) is 9.97 Å². The molecule has 132 valence electrons. The zero-order valence-electron chi connectivity index (χ0n) is 13.4. The highest BCUT2D eigenvalue weighted by Gasteiger charge is 2.29. The summed E-state index contributed by atoms with van der Waals surface area (Å²) in [7, 11) is 1.35. The Hall–Kier alpha value is -2.97. The molecule has 0 saturated carbocycles. The summed E-state index contributed by atoms with van der Waals surface area (Å²) in [6, 6.07) is 4.64. The minimum Gasteiger partial charge on any atom is -0.480 e. The molecule has 9 heteroatoms. The fourth-order valence-electron chi connectivity index (χ4n) is 2.12. The smallest absolute Gasteiger partial charge is 0.416 e. The average molecular weight is 352 g/mol. The van der Waals surface area contributed by atoms with Crippen LogP contribution in [0.3, 0.4) is 0 Å². The predicted octanol–water partition coefficient (Wildman–Crippen LogP) is 2.99. The summed E-state index contributed by atoms with van der Waals surface area (Å²) < 4.78 is 42.8. The molecule has 2 N–H and O–H groups in total. The summed E-state index contributed by atoms with van der Waals surface area (Å²) >= 11 is 0. The Kier molecular flexibility index (Phi) is 5.35. The second-order valence-corrected chi connectivity index (χ2v) is 5.08. The molecule has 1 aromatic heterocycles. The molecule has 0 saturated heterocycles. The molecule has 0 radical (unpaired) electrons. The van der Waals surface area contributed by atoms with Gasteiger partial charge < -0.3 is 10.1 Å². The van der Waals surface area contributed by atoms with E-state index in [9.17, 15) is 18.0 Å². The van der Waals surface area contributed by atoms with Gasteiger partial charge in [-0.15, -0.1) is 0 Å². The Morgan fingerprint density at radius 1 is 1.28 bits per heavy atom. The summed E-state index contributed by atoms with van der Waals surface area (Å²) in [6.45, 7) is 1.76. The van der Waals surface area contributed by atoms with Gasteiger partial charge >= 0.3 is 6.18 Å². The summed E-state index contributed by atoms with van der Waals surface area (Å²) in [5.41, 5.74) is -0.437. The molecule has 1 heterocycles. The molecule has 0 aliphatic heterocycles. The number of alkyl halides is 3. The standard InChI is InChI=1S/C16H15F3N4O2/c1-9-22-14(13(12(20)8-24)15(23-9)25-2)21-7-10-3-5-11(6-4-10)16(17,18)19/h3-6,8,20H,7H2,1-2H3,(H,21,22,23). The number of nitrogens with one attached hydrogen (secondary N) is 2. The number of aldehydes is 1. The largest absolute Gasteiger partial charge is 0.480 e. The second-order valence-electron chi connectivity index (χ2n) is 5.08. The highest BCUT2D eigenvalue weighted by molar-refractivity contribution is 6.36. The van der Waals surface area contributed by atoms with Gasteiger partial charge in [0.2, 0.25) is 5.88 Å². The van der Waals surface area contributed by atoms with Gasteiger partial charge in [-0.05, 0) is 24.6 Å². The normalized spacial score (nSPS) is 11.1. The molecular weight excluding hydrogens is 337 g/mol. The lowest BCUT2D eigenvalue weighted by Crippen LogP contribution is -2.14. The van der Waals surface area contributed by atoms with Crippen LogP contribution in [-0.2, 0) is 17.5 Å². The maximum absolute atomic E-state index is 12.6. The third kappa shape index (κ3) is 4.31. The van der Waals surface area contributed by atoms with Crippen molar-refractivity contribution in [3.63, 3.8) is 0 Å². The van der Waals surface area contributed by atoms with E-state index in [4.69, 9.17) is 10.1 Å². The van der Waals surface area contributed by atoms with Gasteiger partial charge in [-0.2, -0.15) is 18.2 Å². The van der Waals surface area contributed by atoms with Gasteiger partial charge in [-0.1, -0.05) is 12.1 Å². The summed E-state index contributed by atoms with van der Waals surface area (Å²) in [4.78, 5) is 19.1. The van der Waals surface area contributed by atoms with Crippen LogP contribution in [0.2, 0.25) is 0 Å². The number of anilines is 1. The number of nitrogens with zero attached hydrogens (tertiary/aromatic N) is 2. The molecule has 0 aliphatic rings. The lowest BCUT2D eigenvalue weighted by Gasteiger charge is -2.14. The Morgan fingerprint density at radius 3 is 2.44 bits per heavy atom. The van der Waals surface area contributed by atoms with Crippen molar-refractivity contribution >= 4 is 17.8 Å². The molecule has 0 amide bonds. The summed E-state index contributed by atoms with van der Waals surface area (Å²) in [6.07, 6.45) is -4.06. The van der Waals surface area contributed by atoms with Gasteiger partial charge in [0.15, 0.2) is 6.29 Å². The predicted molar refractivity (Wildman–Crippen MR) is 85.0 cm³/mol. The molecule has 0 spiro atoms. The van der Waals surface area contributed by atoms with Crippen molar-refractivity contribution in [1.29, 1.82) is 5.41 Å². The van der Waals surface area contributed by atoms with Gasteiger partial charge in [-0.3, -0.25) is 10.2 Å². The van der Waals surface area contributed by atoms with E-state index in [0.29, 0.717) is 17.7 Å². The fourth-order valence-corrected chi connectivity index (χ4v) is 2.12. The lowest BCUT2D eigenvalue weighted by molar-refractivity contribution is -0.137. The van der Waals surface area contributed by atoms with Crippen LogP contribution in [0.1, 0.15) is 22.5 Å². The zero-order chi connectivity index (χ0) is 18.6. The van der Waals surface area contributed by atoms with Gasteiger partial charge in [0.1, 0.15) is 22.9 Å². The second kappa shape index (κ2) is 7.29. The number of aryl methyl sites for hydroxylation is 1. The zero-order valence-corrected chi connectivity index (χ0v) is 13.4. The molecular formula is C16H15F3N4O2. The molecule has 2 rings (SSSR count). The van der Waals surface area contributed by atoms with E-state index < -0.39 is 11.7 Å². The van der Waals surface area contributed by atoms with E-state index in [2.05, 4.69) is 15.3 Å². The van der Waals surface area contributed by atoms with Crippen LogP contribution in [0.25, 0.3) is 0 Å². The van der Waals surface area contributed by atoms with Crippen molar-refractivity contribution in [3.8, 4) is 5.88 Å². The minimum atomic E-state index is -4.39. The molecule has 0 atom stereocenters. The van der Waals surface area contributed by atoms with E-state index in [1.54, 1.807) is 6.92 Å². The Labute approximate surface area is 141 Å². The maximum atomic E-state index is 12.6. The highest BCUT2D eigenvalue weighted by atomic mass is 19.4. The number of methoxy groups -OCH3 is 1. The Balaban J connectivity index is 2.27. The number of hydrogen-bond donors (Lipinski definition) is 2. The van der Waals surface area contributed by atoms with Crippen LogP contribution in [0.15, 0.2) is 24.3 Å². The Bertz CT molecular complexity index is 789. The maximum Gasteiger partial charge on any atom is 0.416 e. The molecule has 6 nitrogen and oxygen atoms in total. The number of aromatic nitrogens is 2. The van der Waals surface area contributed by atoms with Gasteiger partial charge in [0.25, 0.3) is 0 Å². The fraction of sp³-hybridized carbons (Fsp3) is 0.250. The first-order valence-electron chi connectivity index (χ1n) is 7.13. The van der Waals surface area contributed by atoms with Gasteiger partial charge in [0, 0.05) is 6.54 Å². The average Bonchev–Trinajstić information content (AvgIpc) is 2.58. The number of halogens is 3. The van der Waals surface area contributed by atoms with Gasteiger partial charge in [-0.25, -0.2) is 4.98 Å². The number of ether oxygens (including phenoxy) is 1. The first kappa shape index (κ1) is 18.4. The Morgan fingerprint density at radius 2 is 1.92 bits per heavy atom. The van der Waals surface area contributed by atoms with E-state index in [1.807, 2.05) is 0 Å². The van der Waals surface area contributed by atoms with E-state index in [0.717, 1.165) is 12.1 Å². The third-order valence-electron chi connectivity index (χ3n) is 3.31. The molecule has 0 aliphatic carbocycles. The van der Waals surface area contributed by atoms with Crippen molar-refractivity contribution in [2.45, 2.75) is 19.6 Å². The van der Waals surface area contributed by atoms with Crippen LogP contribution in [-0.4, -0.2) is 29.1 Å². The number of carbonyl (C=O) groups excluding carboxylic acids is 1. The van der Waals surface area contributed by atoms with Crippen molar-refractivity contribution in [3.05, 3.63) is 46.8 Å². The quantitative estimate of drug-likeness (QED) is 0.616. The van der Waals surface area contributed by atoms with Gasteiger partial charge in [0.05, 0.1) is 12.7 Å². The number of rotatable bonds is 6. The molecule has 25 heavy (non-hydrogen) atoms. The van der Waals surface area contributed by atoms with Crippen LogP contribution >= 0.6 is 0 Å². The van der Waals surface area contributed by atoms with Crippen molar-refractivity contribution in [2.24, 2.45) is 0 Å². The molecule has 2 aromatic rings. The molecule has 1 aromatic carbocycles. The lowest BCUT2D eigenvalue weighted by atomic mass is 10.1. The number of carbonyl (C=O) groups is 1. The molecule has 0 unspecified atom stereocenters. The summed E-state index contributed by atoms with van der Waals surface area (Å²) in [5, 5.41) is 10.6. The van der Waals surface area contributed by atoms with E-state index in [-0.39, 0.29) is 29.5 Å². The van der Waals surface area contributed by atoms with Crippen molar-refractivity contribution in [2.75, 3.05) is 12.4 Å². The van der Waals surface area contributed by atoms with Crippen LogP contribution in [0.4, 0.5) is 19.0 Å². The first-order valence-corrected chi connectivity index (χ1v) is 7.13. The topological polar surface area (TPSA) is 88.0 Å². The third-order valence-corrected chi connectivity index (χ3v) is 3.31. The van der Waals surface area contributed by atoms with Crippen LogP contribution < -0.4 is 10.1 Å². The first-order chi connectivity index (χ1) is 11.8. The van der Waals surface area contributed by atoms with Crippen LogP contribution in [0.5, 0.6) is 5.88 Å². The monoisotopic (exact) mass is 352 g/mol. The number of benzene rings is 1. The minimum absolute atomic E-state index is 0.0690. The summed E-state index contributed by atoms with van der Waals surface area (Å²) in [5.74, 6) is 0.620. The van der Waals surface area contributed by atoms with E-state index in [1.165, 1.54) is 19.2 Å². The molecule has 0 bridgehead atoms. The molecule has 0 fully saturated rings. The van der Waals surface area contributed by atoms with Crippen LogP contribution in [0, 0.1) is 12.3 Å².